The summed E-state index contributed by atoms with van der Waals surface area (Å²) in [5, 5.41) is 14.9. The fourth-order valence-corrected chi connectivity index (χ4v) is 4.66. The number of fused-ring (bicyclic) bond motifs is 2. The lowest BCUT2D eigenvalue weighted by Gasteiger charge is -2.32. The number of ether oxygens (including phenoxy) is 1. The first kappa shape index (κ1) is 17.6. The van der Waals surface area contributed by atoms with Gasteiger partial charge in [-0.1, -0.05) is 30.3 Å². The average Bonchev–Trinajstić information content (AvgIpc) is 3.19. The van der Waals surface area contributed by atoms with Gasteiger partial charge in [0.25, 0.3) is 0 Å². The molecule has 2 aromatic carbocycles. The van der Waals surface area contributed by atoms with Gasteiger partial charge in [0.1, 0.15) is 17.4 Å². The number of rotatable bonds is 4. The van der Waals surface area contributed by atoms with Gasteiger partial charge in [-0.25, -0.2) is 0 Å². The van der Waals surface area contributed by atoms with Crippen molar-refractivity contribution in [2.75, 3.05) is 26.7 Å². The van der Waals surface area contributed by atoms with E-state index >= 15 is 0 Å². The number of piperidine rings is 1. The lowest BCUT2D eigenvalue weighted by atomic mass is 9.94. The van der Waals surface area contributed by atoms with Crippen LogP contribution in [0, 0.1) is 0 Å². The molecule has 6 nitrogen and oxygen atoms in total. The molecule has 146 valence electrons. The van der Waals surface area contributed by atoms with Crippen molar-refractivity contribution in [3.63, 3.8) is 0 Å². The highest BCUT2D eigenvalue weighted by molar-refractivity contribution is 5.87. The van der Waals surface area contributed by atoms with Gasteiger partial charge in [0.05, 0.1) is 13.7 Å². The van der Waals surface area contributed by atoms with Crippen molar-refractivity contribution in [3.8, 4) is 5.75 Å². The summed E-state index contributed by atoms with van der Waals surface area (Å²) >= 11 is 0. The lowest BCUT2D eigenvalue weighted by Crippen LogP contribution is -2.34. The SMILES string of the molecule is COc1ccc2ccccc2c1CN1CCC(c2nnc3n2CCNC3)CC1. The van der Waals surface area contributed by atoms with Crippen molar-refractivity contribution in [2.24, 2.45) is 0 Å². The Morgan fingerprint density at radius 3 is 2.79 bits per heavy atom. The summed E-state index contributed by atoms with van der Waals surface area (Å²) < 4.78 is 8.02. The Balaban J connectivity index is 1.32. The van der Waals surface area contributed by atoms with Gasteiger partial charge >= 0.3 is 0 Å². The fourth-order valence-electron chi connectivity index (χ4n) is 4.66. The Bertz CT molecular complexity index is 974. The maximum Gasteiger partial charge on any atom is 0.147 e. The molecule has 3 heterocycles. The lowest BCUT2D eigenvalue weighted by molar-refractivity contribution is 0.198. The predicted molar refractivity (Wildman–Crippen MR) is 109 cm³/mol. The number of likely N-dealkylation sites (tertiary alicyclic amines) is 1. The van der Waals surface area contributed by atoms with E-state index in [1.165, 1.54) is 22.2 Å². The monoisotopic (exact) mass is 377 g/mol. The maximum atomic E-state index is 5.68. The molecule has 0 unspecified atom stereocenters. The summed E-state index contributed by atoms with van der Waals surface area (Å²) in [6, 6.07) is 12.8. The highest BCUT2D eigenvalue weighted by Crippen LogP contribution is 2.32. The normalized spacial score (nSPS) is 18.3. The van der Waals surface area contributed by atoms with Crippen molar-refractivity contribution in [2.45, 2.75) is 38.4 Å². The van der Waals surface area contributed by atoms with Gasteiger partial charge in [-0.3, -0.25) is 4.90 Å². The van der Waals surface area contributed by atoms with E-state index in [1.54, 1.807) is 7.11 Å². The van der Waals surface area contributed by atoms with Crippen LogP contribution in [0.15, 0.2) is 36.4 Å². The van der Waals surface area contributed by atoms with Crippen LogP contribution in [-0.4, -0.2) is 46.4 Å². The number of methoxy groups -OCH3 is 1. The van der Waals surface area contributed by atoms with Crippen LogP contribution in [0.25, 0.3) is 10.8 Å². The molecule has 6 heteroatoms. The van der Waals surface area contributed by atoms with E-state index < -0.39 is 0 Å². The van der Waals surface area contributed by atoms with Crippen molar-refractivity contribution in [1.29, 1.82) is 0 Å². The molecule has 0 spiro atoms. The van der Waals surface area contributed by atoms with Gasteiger partial charge in [0.15, 0.2) is 0 Å². The van der Waals surface area contributed by atoms with Crippen molar-refractivity contribution >= 4 is 10.8 Å². The third-order valence-corrected chi connectivity index (χ3v) is 6.20. The zero-order chi connectivity index (χ0) is 18.9. The number of aromatic nitrogens is 3. The van der Waals surface area contributed by atoms with Crippen molar-refractivity contribution in [3.05, 3.63) is 53.6 Å². The molecule has 3 aromatic rings. The van der Waals surface area contributed by atoms with E-state index in [0.29, 0.717) is 5.92 Å². The summed E-state index contributed by atoms with van der Waals surface area (Å²) in [7, 11) is 1.77. The minimum Gasteiger partial charge on any atom is -0.496 e. The molecule has 1 N–H and O–H groups in total. The molecule has 1 saturated heterocycles. The zero-order valence-corrected chi connectivity index (χ0v) is 16.4. The smallest absolute Gasteiger partial charge is 0.147 e. The second-order valence-corrected chi connectivity index (χ2v) is 7.82. The number of benzene rings is 2. The van der Waals surface area contributed by atoms with Crippen LogP contribution >= 0.6 is 0 Å². The van der Waals surface area contributed by atoms with Crippen LogP contribution in [0.4, 0.5) is 0 Å². The minimum absolute atomic E-state index is 0.519. The third-order valence-electron chi connectivity index (χ3n) is 6.20. The van der Waals surface area contributed by atoms with E-state index in [0.717, 1.165) is 63.7 Å². The molecule has 2 aliphatic rings. The first-order chi connectivity index (χ1) is 13.8. The van der Waals surface area contributed by atoms with Gasteiger partial charge in [0.2, 0.25) is 0 Å². The Morgan fingerprint density at radius 2 is 1.93 bits per heavy atom. The number of hydrogen-bond acceptors (Lipinski definition) is 5. The Labute approximate surface area is 165 Å². The maximum absolute atomic E-state index is 5.68. The van der Waals surface area contributed by atoms with E-state index in [-0.39, 0.29) is 0 Å². The second-order valence-electron chi connectivity index (χ2n) is 7.82. The molecule has 28 heavy (non-hydrogen) atoms. The van der Waals surface area contributed by atoms with Crippen LogP contribution < -0.4 is 10.1 Å². The van der Waals surface area contributed by atoms with Crippen LogP contribution in [0.5, 0.6) is 5.75 Å². The molecule has 0 bridgehead atoms. The first-order valence-electron chi connectivity index (χ1n) is 10.2. The summed E-state index contributed by atoms with van der Waals surface area (Å²) in [5.74, 6) is 3.79. The summed E-state index contributed by atoms with van der Waals surface area (Å²) in [6.07, 6.45) is 2.28. The summed E-state index contributed by atoms with van der Waals surface area (Å²) in [5.41, 5.74) is 1.30. The van der Waals surface area contributed by atoms with E-state index in [9.17, 15) is 0 Å². The van der Waals surface area contributed by atoms with Crippen molar-refractivity contribution in [1.82, 2.24) is 25.0 Å². The van der Waals surface area contributed by atoms with Gasteiger partial charge in [0, 0.05) is 31.1 Å². The fraction of sp³-hybridized carbons (Fsp3) is 0.455. The Hall–Kier alpha value is -2.44. The van der Waals surface area contributed by atoms with Crippen LogP contribution in [-0.2, 0) is 19.6 Å². The molecule has 5 rings (SSSR count). The van der Waals surface area contributed by atoms with Gasteiger partial charge < -0.3 is 14.6 Å². The van der Waals surface area contributed by atoms with Crippen molar-refractivity contribution < 1.29 is 4.74 Å². The largest absolute Gasteiger partial charge is 0.496 e. The molecule has 1 aromatic heterocycles. The molecule has 0 atom stereocenters. The predicted octanol–water partition coefficient (Wildman–Crippen LogP) is 2.92. The van der Waals surface area contributed by atoms with Crippen LogP contribution in [0.1, 0.15) is 36.0 Å². The quantitative estimate of drug-likeness (QED) is 0.758. The third kappa shape index (κ3) is 3.16. The highest BCUT2D eigenvalue weighted by Gasteiger charge is 2.27. The molecule has 0 aliphatic carbocycles. The van der Waals surface area contributed by atoms with Crippen LogP contribution in [0.3, 0.4) is 0 Å². The first-order valence-corrected chi connectivity index (χ1v) is 10.2. The number of nitrogens with zero attached hydrogens (tertiary/aromatic N) is 4. The standard InChI is InChI=1S/C22H27N5O/c1-28-20-7-6-16-4-2-3-5-18(16)19(20)15-26-11-8-17(9-12-26)22-25-24-21-14-23-10-13-27(21)22/h2-7,17,23H,8-15H2,1H3. The van der Waals surface area contributed by atoms with E-state index in [1.807, 2.05) is 0 Å². The topological polar surface area (TPSA) is 55.2 Å². The zero-order valence-electron chi connectivity index (χ0n) is 16.4. The van der Waals surface area contributed by atoms with Gasteiger partial charge in [-0.2, -0.15) is 0 Å². The Morgan fingerprint density at radius 1 is 1.07 bits per heavy atom. The highest BCUT2D eigenvalue weighted by atomic mass is 16.5. The number of nitrogens with one attached hydrogen (secondary N) is 1. The minimum atomic E-state index is 0.519. The second kappa shape index (κ2) is 7.53. The van der Waals surface area contributed by atoms with E-state index in [4.69, 9.17) is 4.74 Å². The average molecular weight is 377 g/mol. The molecule has 0 saturated carbocycles. The Kier molecular flexibility index (Phi) is 4.74. The molecule has 0 amide bonds. The summed E-state index contributed by atoms with van der Waals surface area (Å²) in [4.78, 5) is 2.55. The molecular weight excluding hydrogens is 350 g/mol. The summed E-state index contributed by atoms with van der Waals surface area (Å²) in [6.45, 7) is 5.93. The number of hydrogen-bond donors (Lipinski definition) is 1. The molecule has 2 aliphatic heterocycles. The van der Waals surface area contributed by atoms with Gasteiger partial charge in [-0.15, -0.1) is 10.2 Å². The molecule has 0 radical (unpaired) electrons. The van der Waals surface area contributed by atoms with Gasteiger partial charge in [-0.05, 0) is 42.8 Å². The molecule has 1 fully saturated rings. The van der Waals surface area contributed by atoms with E-state index in [2.05, 4.69) is 61.4 Å². The molecular formula is C22H27N5O. The van der Waals surface area contributed by atoms with Crippen LogP contribution in [0.2, 0.25) is 0 Å².